The van der Waals surface area contributed by atoms with Gasteiger partial charge in [-0.15, -0.1) is 0 Å². The highest BCUT2D eigenvalue weighted by Crippen LogP contribution is 2.28. The Hall–Kier alpha value is -3.63. The molecule has 1 aromatic rings. The first kappa shape index (κ1) is 29.6. The second kappa shape index (κ2) is 13.6. The van der Waals surface area contributed by atoms with Gasteiger partial charge in [-0.1, -0.05) is 30.3 Å². The highest BCUT2D eigenvalue weighted by atomic mass is 16.6. The fourth-order valence-corrected chi connectivity index (χ4v) is 4.20. The predicted octanol–water partition coefficient (Wildman–Crippen LogP) is 1.49. The van der Waals surface area contributed by atoms with Gasteiger partial charge in [0.1, 0.15) is 17.7 Å². The van der Waals surface area contributed by atoms with Gasteiger partial charge in [0.2, 0.25) is 17.7 Å². The van der Waals surface area contributed by atoms with Gasteiger partial charge in [0.15, 0.2) is 0 Å². The summed E-state index contributed by atoms with van der Waals surface area (Å²) in [5.41, 5.74) is 5.25. The molecule has 2 atom stereocenters. The van der Waals surface area contributed by atoms with Crippen molar-refractivity contribution < 1.29 is 33.8 Å². The lowest BCUT2D eigenvalue weighted by atomic mass is 9.81. The summed E-state index contributed by atoms with van der Waals surface area (Å²) in [7, 11) is 0. The molecule has 11 heteroatoms. The molecule has 0 saturated heterocycles. The molecule has 0 aromatic heterocycles. The van der Waals surface area contributed by atoms with Crippen molar-refractivity contribution in [2.75, 3.05) is 6.54 Å². The van der Waals surface area contributed by atoms with Crippen molar-refractivity contribution in [1.29, 1.82) is 0 Å². The van der Waals surface area contributed by atoms with Crippen LogP contribution in [0.1, 0.15) is 58.4 Å². The van der Waals surface area contributed by atoms with Crippen LogP contribution in [0.15, 0.2) is 30.3 Å². The van der Waals surface area contributed by atoms with Crippen LogP contribution in [0.5, 0.6) is 0 Å². The molecule has 1 aliphatic rings. The van der Waals surface area contributed by atoms with Crippen molar-refractivity contribution in [2.24, 2.45) is 17.6 Å². The van der Waals surface area contributed by atoms with E-state index in [-0.39, 0.29) is 17.7 Å². The highest BCUT2D eigenvalue weighted by molar-refractivity contribution is 5.89. The fraction of sp³-hybridized carbons (Fsp3) is 0.577. The molecule has 1 aliphatic carbocycles. The summed E-state index contributed by atoms with van der Waals surface area (Å²) >= 11 is 0. The quantitative estimate of drug-likeness (QED) is 0.295. The molecule has 0 spiro atoms. The van der Waals surface area contributed by atoms with E-state index in [0.29, 0.717) is 38.6 Å². The highest BCUT2D eigenvalue weighted by Gasteiger charge is 2.31. The minimum Gasteiger partial charge on any atom is -0.480 e. The van der Waals surface area contributed by atoms with Crippen LogP contribution in [-0.2, 0) is 30.3 Å². The molecule has 1 aromatic carbocycles. The summed E-state index contributed by atoms with van der Waals surface area (Å²) in [6.07, 6.45) is 1.53. The molecule has 0 bridgehead atoms. The van der Waals surface area contributed by atoms with E-state index in [1.165, 1.54) is 0 Å². The van der Waals surface area contributed by atoms with E-state index in [2.05, 4.69) is 16.0 Å². The van der Waals surface area contributed by atoms with E-state index < -0.39 is 48.0 Å². The molecule has 0 heterocycles. The third kappa shape index (κ3) is 10.9. The first-order valence-electron chi connectivity index (χ1n) is 12.5. The molecule has 37 heavy (non-hydrogen) atoms. The number of rotatable bonds is 11. The molecular weight excluding hydrogens is 480 g/mol. The minimum atomic E-state index is -1.35. The standard InChI is InChI=1S/C26H38N4O7/c1-26(2,3)37-25(36)30-19(13-16-7-5-4-6-8-16)23(33)28-15-17-9-11-18(12-10-17)22(32)29-20(24(34)35)14-21(27)31/h4-8,17-20H,9-15H2,1-3H3,(H2,27,31)(H,28,33)(H,29,32)(H,30,36)(H,34,35)/t17?,18?,19-,20-/m0/s1. The zero-order valence-corrected chi connectivity index (χ0v) is 21.6. The lowest BCUT2D eigenvalue weighted by Crippen LogP contribution is -2.50. The number of benzene rings is 1. The Kier molecular flexibility index (Phi) is 10.9. The zero-order valence-electron chi connectivity index (χ0n) is 21.6. The minimum absolute atomic E-state index is 0.132. The Balaban J connectivity index is 1.88. The molecule has 1 saturated carbocycles. The van der Waals surface area contributed by atoms with Gasteiger partial charge in [-0.3, -0.25) is 14.4 Å². The Morgan fingerprint density at radius 3 is 2.16 bits per heavy atom. The molecule has 6 N–H and O–H groups in total. The Morgan fingerprint density at radius 2 is 1.62 bits per heavy atom. The Morgan fingerprint density at radius 1 is 1.00 bits per heavy atom. The molecule has 4 amide bonds. The third-order valence-electron chi connectivity index (χ3n) is 6.09. The maximum atomic E-state index is 13.0. The number of ether oxygens (including phenoxy) is 1. The molecule has 204 valence electrons. The second-order valence-electron chi connectivity index (χ2n) is 10.4. The number of nitrogens with two attached hydrogens (primary N) is 1. The largest absolute Gasteiger partial charge is 0.480 e. The monoisotopic (exact) mass is 518 g/mol. The van der Waals surface area contributed by atoms with Gasteiger partial charge >= 0.3 is 12.1 Å². The first-order chi connectivity index (χ1) is 17.3. The molecule has 2 rings (SSSR count). The number of nitrogens with one attached hydrogen (secondary N) is 3. The number of carboxylic acids is 1. The van der Waals surface area contributed by atoms with Gasteiger partial charge in [-0.05, 0) is 57.9 Å². The lowest BCUT2D eigenvalue weighted by molar-refractivity contribution is -0.144. The van der Waals surface area contributed by atoms with Gasteiger partial charge in [0, 0.05) is 18.9 Å². The number of alkyl carbamates (subject to hydrolysis) is 1. The Bertz CT molecular complexity index is 953. The van der Waals surface area contributed by atoms with Crippen molar-refractivity contribution in [3.63, 3.8) is 0 Å². The summed E-state index contributed by atoms with van der Waals surface area (Å²) < 4.78 is 5.32. The number of aliphatic carboxylic acids is 1. The fourth-order valence-electron chi connectivity index (χ4n) is 4.20. The molecule has 1 fully saturated rings. The Labute approximate surface area is 216 Å². The van der Waals surface area contributed by atoms with Crippen molar-refractivity contribution in [3.05, 3.63) is 35.9 Å². The van der Waals surface area contributed by atoms with Gasteiger partial charge in [-0.25, -0.2) is 9.59 Å². The van der Waals surface area contributed by atoms with Gasteiger partial charge in [-0.2, -0.15) is 0 Å². The van der Waals surface area contributed by atoms with Crippen LogP contribution < -0.4 is 21.7 Å². The van der Waals surface area contributed by atoms with Crippen molar-refractivity contribution in [2.45, 2.75) is 77.0 Å². The van der Waals surface area contributed by atoms with Gasteiger partial charge < -0.3 is 31.5 Å². The predicted molar refractivity (Wildman–Crippen MR) is 135 cm³/mol. The third-order valence-corrected chi connectivity index (χ3v) is 6.09. The number of carbonyl (C=O) groups is 5. The van der Waals surface area contributed by atoms with E-state index in [1.54, 1.807) is 20.8 Å². The normalized spacial score (nSPS) is 19.1. The average Bonchev–Trinajstić information content (AvgIpc) is 2.81. The summed E-state index contributed by atoms with van der Waals surface area (Å²) in [5.74, 6) is -3.10. The molecule has 11 nitrogen and oxygen atoms in total. The van der Waals surface area contributed by atoms with Crippen LogP contribution in [0.25, 0.3) is 0 Å². The van der Waals surface area contributed by atoms with Crippen LogP contribution in [-0.4, -0.2) is 59.1 Å². The van der Waals surface area contributed by atoms with Crippen LogP contribution in [0.4, 0.5) is 4.79 Å². The van der Waals surface area contributed by atoms with Crippen molar-refractivity contribution in [3.8, 4) is 0 Å². The summed E-state index contributed by atoms with van der Waals surface area (Å²) in [5, 5.41) is 17.2. The number of amides is 4. The summed E-state index contributed by atoms with van der Waals surface area (Å²) in [6, 6.07) is 7.18. The van der Waals surface area contributed by atoms with E-state index in [1.807, 2.05) is 30.3 Å². The van der Waals surface area contributed by atoms with Crippen LogP contribution in [0.3, 0.4) is 0 Å². The lowest BCUT2D eigenvalue weighted by Gasteiger charge is -2.29. The molecular formula is C26H38N4O7. The maximum absolute atomic E-state index is 13.0. The SMILES string of the molecule is CC(C)(C)OC(=O)N[C@@H](Cc1ccccc1)C(=O)NCC1CCC(C(=O)N[C@@H](CC(N)=O)C(=O)O)CC1. The summed E-state index contributed by atoms with van der Waals surface area (Å²) in [4.78, 5) is 60.1. The van der Waals surface area contributed by atoms with Crippen molar-refractivity contribution in [1.82, 2.24) is 16.0 Å². The molecule has 0 aliphatic heterocycles. The van der Waals surface area contributed by atoms with E-state index in [4.69, 9.17) is 10.5 Å². The zero-order chi connectivity index (χ0) is 27.6. The van der Waals surface area contributed by atoms with Crippen LogP contribution >= 0.6 is 0 Å². The smallest absolute Gasteiger partial charge is 0.408 e. The molecule has 0 radical (unpaired) electrons. The average molecular weight is 519 g/mol. The van der Waals surface area contributed by atoms with Gasteiger partial charge in [0.05, 0.1) is 6.42 Å². The van der Waals surface area contributed by atoms with Crippen LogP contribution in [0.2, 0.25) is 0 Å². The van der Waals surface area contributed by atoms with Gasteiger partial charge in [0.25, 0.3) is 0 Å². The maximum Gasteiger partial charge on any atom is 0.408 e. The van der Waals surface area contributed by atoms with E-state index >= 15 is 0 Å². The number of hydrogen-bond acceptors (Lipinski definition) is 6. The van der Waals surface area contributed by atoms with E-state index in [0.717, 1.165) is 5.56 Å². The number of primary amides is 1. The van der Waals surface area contributed by atoms with Crippen molar-refractivity contribution >= 4 is 29.8 Å². The number of hydrogen-bond donors (Lipinski definition) is 5. The van der Waals surface area contributed by atoms with E-state index in [9.17, 15) is 29.1 Å². The first-order valence-corrected chi connectivity index (χ1v) is 12.5. The molecule has 0 unspecified atom stereocenters. The second-order valence-corrected chi connectivity index (χ2v) is 10.4. The van der Waals surface area contributed by atoms with Crippen LogP contribution in [0, 0.1) is 11.8 Å². The summed E-state index contributed by atoms with van der Waals surface area (Å²) in [6.45, 7) is 5.62. The number of carbonyl (C=O) groups excluding carboxylic acids is 4. The topological polar surface area (TPSA) is 177 Å². The number of carboxylic acid groups (broad SMARTS) is 1.